The molecule has 1 heteroatoms. The van der Waals surface area contributed by atoms with Gasteiger partial charge in [-0.1, -0.05) is 35.9 Å². The Bertz CT molecular complexity index is 365. The normalized spacial score (nSPS) is 20.3. The van der Waals surface area contributed by atoms with Crippen molar-refractivity contribution in [3.63, 3.8) is 0 Å². The van der Waals surface area contributed by atoms with Crippen molar-refractivity contribution in [3.8, 4) is 0 Å². The number of fused-ring (bicyclic) bond motifs is 1. The molecule has 2 rings (SSSR count). The van der Waals surface area contributed by atoms with Crippen molar-refractivity contribution in [2.24, 2.45) is 0 Å². The van der Waals surface area contributed by atoms with Crippen LogP contribution in [0.4, 0.5) is 0 Å². The van der Waals surface area contributed by atoms with E-state index in [-0.39, 0.29) is 0 Å². The van der Waals surface area contributed by atoms with Crippen LogP contribution < -0.4 is 5.32 Å². The van der Waals surface area contributed by atoms with Gasteiger partial charge in [0, 0.05) is 6.54 Å². The van der Waals surface area contributed by atoms with Crippen LogP contribution >= 0.6 is 0 Å². The summed E-state index contributed by atoms with van der Waals surface area (Å²) in [4.78, 5) is 0. The quantitative estimate of drug-likeness (QED) is 0.667. The van der Waals surface area contributed by atoms with Crippen LogP contribution in [0, 0.1) is 6.92 Å². The summed E-state index contributed by atoms with van der Waals surface area (Å²) in [7, 11) is 0. The zero-order chi connectivity index (χ0) is 10.1. The zero-order valence-corrected chi connectivity index (χ0v) is 8.93. The third-order valence-corrected chi connectivity index (χ3v) is 2.85. The van der Waals surface area contributed by atoms with Gasteiger partial charge >= 0.3 is 0 Å². The van der Waals surface area contributed by atoms with Crippen LogP contribution in [-0.2, 0) is 6.42 Å². The maximum atomic E-state index is 4.04. The van der Waals surface area contributed by atoms with Crippen molar-refractivity contribution in [1.82, 2.24) is 5.32 Å². The van der Waals surface area contributed by atoms with E-state index in [9.17, 15) is 0 Å². The van der Waals surface area contributed by atoms with Crippen LogP contribution in [0.5, 0.6) is 0 Å². The molecule has 0 fully saturated rings. The number of rotatable bonds is 1. The van der Waals surface area contributed by atoms with Gasteiger partial charge in [-0.25, -0.2) is 0 Å². The first-order valence-corrected chi connectivity index (χ1v) is 5.16. The van der Waals surface area contributed by atoms with Gasteiger partial charge in [0.25, 0.3) is 0 Å². The second-order valence-corrected chi connectivity index (χ2v) is 4.19. The van der Waals surface area contributed by atoms with Crippen LogP contribution in [0.1, 0.15) is 29.7 Å². The van der Waals surface area contributed by atoms with Gasteiger partial charge in [-0.15, -0.1) is 0 Å². The van der Waals surface area contributed by atoms with E-state index in [1.807, 2.05) is 0 Å². The summed E-state index contributed by atoms with van der Waals surface area (Å²) >= 11 is 0. The molecule has 14 heavy (non-hydrogen) atoms. The van der Waals surface area contributed by atoms with E-state index in [1.54, 1.807) is 0 Å². The molecule has 0 amide bonds. The average Bonchev–Trinajstić information content (AvgIpc) is 2.16. The van der Waals surface area contributed by atoms with Crippen molar-refractivity contribution in [2.75, 3.05) is 6.54 Å². The lowest BCUT2D eigenvalue weighted by molar-refractivity contribution is 0.560. The number of aryl methyl sites for hydroxylation is 1. The van der Waals surface area contributed by atoms with E-state index < -0.39 is 0 Å². The molecule has 0 radical (unpaired) electrons. The first-order valence-electron chi connectivity index (χ1n) is 5.16. The molecule has 0 saturated carbocycles. The first kappa shape index (κ1) is 9.47. The monoisotopic (exact) mass is 187 g/mol. The smallest absolute Gasteiger partial charge is 0.0533 e. The Labute approximate surface area is 85.8 Å². The van der Waals surface area contributed by atoms with E-state index in [4.69, 9.17) is 0 Å². The summed E-state index contributed by atoms with van der Waals surface area (Å²) in [6.45, 7) is 9.34. The standard InChI is InChI=1S/C13H17N/c1-9(2)13-12-8-10(3)4-5-11(12)6-7-14-13/h4-5,8,13-14H,1,6-7H2,2-3H3/t13-/m0/s1. The minimum absolute atomic E-state index is 0.360. The molecule has 1 aromatic carbocycles. The molecule has 1 nitrogen and oxygen atoms in total. The van der Waals surface area contributed by atoms with Gasteiger partial charge in [0.1, 0.15) is 0 Å². The minimum Gasteiger partial charge on any atom is -0.306 e. The largest absolute Gasteiger partial charge is 0.306 e. The fourth-order valence-corrected chi connectivity index (χ4v) is 2.11. The average molecular weight is 187 g/mol. The van der Waals surface area contributed by atoms with Crippen molar-refractivity contribution in [1.29, 1.82) is 0 Å². The maximum absolute atomic E-state index is 4.04. The van der Waals surface area contributed by atoms with E-state index in [1.165, 1.54) is 22.3 Å². The molecule has 0 aromatic heterocycles. The van der Waals surface area contributed by atoms with Gasteiger partial charge in [-0.2, -0.15) is 0 Å². The van der Waals surface area contributed by atoms with Gasteiger partial charge in [0.15, 0.2) is 0 Å². The molecule has 1 aliphatic rings. The van der Waals surface area contributed by atoms with Gasteiger partial charge in [-0.3, -0.25) is 0 Å². The molecule has 0 aliphatic carbocycles. The number of hydrogen-bond donors (Lipinski definition) is 1. The molecule has 1 N–H and O–H groups in total. The fraction of sp³-hybridized carbons (Fsp3) is 0.385. The van der Waals surface area contributed by atoms with Crippen LogP contribution in [0.15, 0.2) is 30.4 Å². The van der Waals surface area contributed by atoms with Crippen LogP contribution in [0.2, 0.25) is 0 Å². The second kappa shape index (κ2) is 3.58. The van der Waals surface area contributed by atoms with Gasteiger partial charge in [0.05, 0.1) is 6.04 Å². The molecule has 1 atom stereocenters. The highest BCUT2D eigenvalue weighted by molar-refractivity contribution is 5.39. The topological polar surface area (TPSA) is 12.0 Å². The van der Waals surface area contributed by atoms with Crippen molar-refractivity contribution >= 4 is 0 Å². The Kier molecular flexibility index (Phi) is 2.42. The van der Waals surface area contributed by atoms with Crippen molar-refractivity contribution in [3.05, 3.63) is 47.0 Å². The molecule has 0 unspecified atom stereocenters. The third-order valence-electron chi connectivity index (χ3n) is 2.85. The molecule has 0 bridgehead atoms. The Morgan fingerprint density at radius 2 is 2.29 bits per heavy atom. The van der Waals surface area contributed by atoms with Crippen molar-refractivity contribution < 1.29 is 0 Å². The summed E-state index contributed by atoms with van der Waals surface area (Å²) in [5.41, 5.74) is 5.43. The molecule has 1 aromatic rings. The summed E-state index contributed by atoms with van der Waals surface area (Å²) in [6.07, 6.45) is 1.14. The Hall–Kier alpha value is -1.08. The van der Waals surface area contributed by atoms with Gasteiger partial charge < -0.3 is 5.32 Å². The zero-order valence-electron chi connectivity index (χ0n) is 8.93. The lowest BCUT2D eigenvalue weighted by Gasteiger charge is -2.27. The number of hydrogen-bond acceptors (Lipinski definition) is 1. The molecule has 0 spiro atoms. The summed E-state index contributed by atoms with van der Waals surface area (Å²) < 4.78 is 0. The SMILES string of the molecule is C=C(C)[C@@H]1NCCc2ccc(C)cc21. The first-order chi connectivity index (χ1) is 6.68. The van der Waals surface area contributed by atoms with Crippen LogP contribution in [0.25, 0.3) is 0 Å². The molecule has 1 heterocycles. The van der Waals surface area contributed by atoms with E-state index in [2.05, 4.69) is 43.9 Å². The highest BCUT2D eigenvalue weighted by Crippen LogP contribution is 2.28. The molecular weight excluding hydrogens is 170 g/mol. The van der Waals surface area contributed by atoms with E-state index >= 15 is 0 Å². The Balaban J connectivity index is 2.46. The van der Waals surface area contributed by atoms with Gasteiger partial charge in [0.2, 0.25) is 0 Å². The lowest BCUT2D eigenvalue weighted by Crippen LogP contribution is -2.30. The summed E-state index contributed by atoms with van der Waals surface area (Å²) in [5, 5.41) is 3.50. The van der Waals surface area contributed by atoms with Gasteiger partial charge in [-0.05, 0) is 31.4 Å². The molecule has 1 aliphatic heterocycles. The second-order valence-electron chi connectivity index (χ2n) is 4.19. The Morgan fingerprint density at radius 3 is 3.00 bits per heavy atom. The third kappa shape index (κ3) is 1.60. The van der Waals surface area contributed by atoms with Crippen LogP contribution in [0.3, 0.4) is 0 Å². The molecule has 0 saturated heterocycles. The summed E-state index contributed by atoms with van der Waals surface area (Å²) in [6, 6.07) is 7.08. The lowest BCUT2D eigenvalue weighted by atomic mass is 9.90. The van der Waals surface area contributed by atoms with Crippen LogP contribution in [-0.4, -0.2) is 6.54 Å². The Morgan fingerprint density at radius 1 is 1.50 bits per heavy atom. The van der Waals surface area contributed by atoms with E-state index in [0.717, 1.165) is 13.0 Å². The highest BCUT2D eigenvalue weighted by Gasteiger charge is 2.19. The minimum atomic E-state index is 0.360. The predicted octanol–water partition coefficient (Wildman–Crippen LogP) is 2.76. The predicted molar refractivity (Wildman–Crippen MR) is 60.4 cm³/mol. The summed E-state index contributed by atoms with van der Waals surface area (Å²) in [5.74, 6) is 0. The highest BCUT2D eigenvalue weighted by atomic mass is 14.9. The fourth-order valence-electron chi connectivity index (χ4n) is 2.11. The molecular formula is C13H17N. The van der Waals surface area contributed by atoms with E-state index in [0.29, 0.717) is 6.04 Å². The maximum Gasteiger partial charge on any atom is 0.0533 e. The number of benzene rings is 1. The molecule has 74 valence electrons. The van der Waals surface area contributed by atoms with Crippen molar-refractivity contribution in [2.45, 2.75) is 26.3 Å². The number of nitrogens with one attached hydrogen (secondary N) is 1.